The highest BCUT2D eigenvalue weighted by Gasteiger charge is 2.16. The van der Waals surface area contributed by atoms with Crippen molar-refractivity contribution in [2.24, 2.45) is 5.84 Å². The number of amides is 1. The molecular formula is C11H18N6OS. The zero-order chi connectivity index (χ0) is 13.7. The third kappa shape index (κ3) is 3.97. The third-order valence-corrected chi connectivity index (χ3v) is 3.82. The van der Waals surface area contributed by atoms with E-state index < -0.39 is 0 Å². The van der Waals surface area contributed by atoms with E-state index in [1.54, 1.807) is 6.07 Å². The zero-order valence-electron chi connectivity index (χ0n) is 10.6. The van der Waals surface area contributed by atoms with Crippen LogP contribution >= 0.6 is 11.8 Å². The molecule has 5 N–H and O–H groups in total. The molecule has 1 aliphatic heterocycles. The van der Waals surface area contributed by atoms with Gasteiger partial charge in [0, 0.05) is 19.2 Å². The van der Waals surface area contributed by atoms with Crippen LogP contribution in [0, 0.1) is 0 Å². The molecule has 0 radical (unpaired) electrons. The van der Waals surface area contributed by atoms with Crippen molar-refractivity contribution >= 4 is 29.4 Å². The molecule has 8 heteroatoms. The Morgan fingerprint density at radius 3 is 2.79 bits per heavy atom. The second-order valence-electron chi connectivity index (χ2n) is 4.32. The average Bonchev–Trinajstić information content (AvgIpc) is 2.45. The van der Waals surface area contributed by atoms with Crippen LogP contribution in [0.1, 0.15) is 19.3 Å². The number of thioether (sulfide) groups is 1. The molecule has 0 spiro atoms. The largest absolute Gasteiger partial charge is 0.368 e. The van der Waals surface area contributed by atoms with Crippen molar-refractivity contribution < 1.29 is 4.79 Å². The van der Waals surface area contributed by atoms with E-state index in [9.17, 15) is 4.79 Å². The number of nitrogen functional groups attached to an aromatic ring is 2. The molecule has 2 heterocycles. The van der Waals surface area contributed by atoms with Crippen LogP contribution in [-0.2, 0) is 4.79 Å². The fourth-order valence-electron chi connectivity index (χ4n) is 1.96. The van der Waals surface area contributed by atoms with E-state index in [4.69, 9.17) is 11.6 Å². The first kappa shape index (κ1) is 13.9. The summed E-state index contributed by atoms with van der Waals surface area (Å²) in [6.45, 7) is 1.72. The van der Waals surface area contributed by atoms with Crippen LogP contribution in [0.4, 0.5) is 11.8 Å². The van der Waals surface area contributed by atoms with Crippen molar-refractivity contribution in [1.29, 1.82) is 0 Å². The number of nitrogens with zero attached hydrogens (tertiary/aromatic N) is 3. The number of nitrogens with one attached hydrogen (secondary N) is 1. The first-order chi connectivity index (χ1) is 9.19. The number of nitrogens with two attached hydrogens (primary N) is 2. The maximum absolute atomic E-state index is 12.0. The Balaban J connectivity index is 1.90. The summed E-state index contributed by atoms with van der Waals surface area (Å²) < 4.78 is 0. The van der Waals surface area contributed by atoms with Crippen LogP contribution in [0.5, 0.6) is 0 Å². The van der Waals surface area contributed by atoms with E-state index in [0.29, 0.717) is 16.6 Å². The van der Waals surface area contributed by atoms with Crippen molar-refractivity contribution in [2.45, 2.75) is 24.3 Å². The van der Waals surface area contributed by atoms with E-state index in [-0.39, 0.29) is 11.9 Å². The van der Waals surface area contributed by atoms with Gasteiger partial charge in [-0.25, -0.2) is 10.8 Å². The number of aromatic nitrogens is 2. The molecule has 1 fully saturated rings. The number of hydrazine groups is 1. The van der Waals surface area contributed by atoms with Crippen molar-refractivity contribution in [3.05, 3.63) is 6.07 Å². The van der Waals surface area contributed by atoms with Crippen LogP contribution in [0.3, 0.4) is 0 Å². The van der Waals surface area contributed by atoms with Crippen LogP contribution < -0.4 is 17.0 Å². The SMILES string of the molecule is NNc1cc(SCC(=O)N2CCCCC2)nc(N)n1. The maximum Gasteiger partial charge on any atom is 0.232 e. The number of hydrogen-bond donors (Lipinski definition) is 3. The monoisotopic (exact) mass is 282 g/mol. The quantitative estimate of drug-likeness (QED) is 0.318. The van der Waals surface area contributed by atoms with E-state index >= 15 is 0 Å². The van der Waals surface area contributed by atoms with Crippen molar-refractivity contribution in [3.63, 3.8) is 0 Å². The van der Waals surface area contributed by atoms with Gasteiger partial charge in [0.25, 0.3) is 0 Å². The lowest BCUT2D eigenvalue weighted by Crippen LogP contribution is -2.36. The molecule has 19 heavy (non-hydrogen) atoms. The number of carbonyl (C=O) groups is 1. The van der Waals surface area contributed by atoms with E-state index in [1.807, 2.05) is 4.90 Å². The predicted octanol–water partition coefficient (Wildman–Crippen LogP) is 0.449. The first-order valence-electron chi connectivity index (χ1n) is 6.21. The molecule has 0 aliphatic carbocycles. The Morgan fingerprint density at radius 1 is 1.37 bits per heavy atom. The smallest absolute Gasteiger partial charge is 0.232 e. The van der Waals surface area contributed by atoms with Gasteiger partial charge in [-0.2, -0.15) is 4.98 Å². The van der Waals surface area contributed by atoms with Crippen LogP contribution in [0.15, 0.2) is 11.1 Å². The minimum absolute atomic E-state index is 0.142. The summed E-state index contributed by atoms with van der Waals surface area (Å²) in [7, 11) is 0. The lowest BCUT2D eigenvalue weighted by Gasteiger charge is -2.26. The summed E-state index contributed by atoms with van der Waals surface area (Å²) in [6, 6.07) is 1.67. The van der Waals surface area contributed by atoms with Gasteiger partial charge in [-0.15, -0.1) is 0 Å². The normalized spacial score (nSPS) is 15.3. The van der Waals surface area contributed by atoms with Gasteiger partial charge in [-0.3, -0.25) is 4.79 Å². The highest BCUT2D eigenvalue weighted by Crippen LogP contribution is 2.20. The number of hydrogen-bond acceptors (Lipinski definition) is 7. The number of likely N-dealkylation sites (tertiary alicyclic amines) is 1. The topological polar surface area (TPSA) is 110 Å². The molecule has 0 aromatic carbocycles. The van der Waals surface area contributed by atoms with Crippen molar-refractivity contribution in [3.8, 4) is 0 Å². The number of anilines is 2. The van der Waals surface area contributed by atoms with Crippen LogP contribution in [0.25, 0.3) is 0 Å². The average molecular weight is 282 g/mol. The summed E-state index contributed by atoms with van der Waals surface area (Å²) in [5.41, 5.74) is 7.98. The third-order valence-electron chi connectivity index (χ3n) is 2.92. The molecule has 0 bridgehead atoms. The molecular weight excluding hydrogens is 264 g/mol. The number of rotatable bonds is 4. The van der Waals surface area contributed by atoms with Crippen molar-refractivity contribution in [1.82, 2.24) is 14.9 Å². The number of carbonyl (C=O) groups excluding carboxylic acids is 1. The zero-order valence-corrected chi connectivity index (χ0v) is 11.4. The van der Waals surface area contributed by atoms with Gasteiger partial charge >= 0.3 is 0 Å². The predicted molar refractivity (Wildman–Crippen MR) is 75.4 cm³/mol. The first-order valence-corrected chi connectivity index (χ1v) is 7.19. The molecule has 2 rings (SSSR count). The molecule has 1 amide bonds. The standard InChI is InChI=1S/C11H18N6OS/c12-11-14-8(16-13)6-9(15-11)19-7-10(18)17-4-2-1-3-5-17/h6H,1-5,7,13H2,(H3,12,14,15,16). The Bertz CT molecular complexity index is 449. The lowest BCUT2D eigenvalue weighted by molar-refractivity contribution is -0.129. The molecule has 1 aromatic heterocycles. The Morgan fingerprint density at radius 2 is 2.11 bits per heavy atom. The van der Waals surface area contributed by atoms with E-state index in [0.717, 1.165) is 25.9 Å². The van der Waals surface area contributed by atoms with Crippen LogP contribution in [-0.4, -0.2) is 39.6 Å². The molecule has 1 aliphatic rings. The molecule has 0 unspecified atom stereocenters. The Kier molecular flexibility index (Phi) is 4.80. The highest BCUT2D eigenvalue weighted by atomic mass is 32.2. The Labute approximate surface area is 116 Å². The summed E-state index contributed by atoms with van der Waals surface area (Å²) >= 11 is 1.35. The van der Waals surface area contributed by atoms with Crippen molar-refractivity contribution in [2.75, 3.05) is 30.0 Å². The van der Waals surface area contributed by atoms with Gasteiger partial charge in [-0.05, 0) is 19.3 Å². The van der Waals surface area contributed by atoms with Gasteiger partial charge < -0.3 is 16.1 Å². The Hall–Kier alpha value is -1.54. The summed E-state index contributed by atoms with van der Waals surface area (Å²) in [6.07, 6.45) is 3.40. The highest BCUT2D eigenvalue weighted by molar-refractivity contribution is 7.99. The minimum Gasteiger partial charge on any atom is -0.368 e. The maximum atomic E-state index is 12.0. The van der Waals surface area contributed by atoms with Gasteiger partial charge in [0.1, 0.15) is 10.8 Å². The van der Waals surface area contributed by atoms with E-state index in [2.05, 4.69) is 15.4 Å². The number of piperidine rings is 1. The molecule has 1 aromatic rings. The molecule has 104 valence electrons. The molecule has 0 atom stereocenters. The fourth-order valence-corrected chi connectivity index (χ4v) is 2.77. The van der Waals surface area contributed by atoms with Gasteiger partial charge in [0.2, 0.25) is 11.9 Å². The second-order valence-corrected chi connectivity index (χ2v) is 5.32. The molecule has 7 nitrogen and oxygen atoms in total. The molecule has 1 saturated heterocycles. The van der Waals surface area contributed by atoms with Gasteiger partial charge in [-0.1, -0.05) is 11.8 Å². The minimum atomic E-state index is 0.142. The fraction of sp³-hybridized carbons (Fsp3) is 0.545. The molecule has 0 saturated carbocycles. The summed E-state index contributed by atoms with van der Waals surface area (Å²) in [5.74, 6) is 6.37. The lowest BCUT2D eigenvalue weighted by atomic mass is 10.1. The van der Waals surface area contributed by atoms with Crippen LogP contribution in [0.2, 0.25) is 0 Å². The summed E-state index contributed by atoms with van der Waals surface area (Å²) in [4.78, 5) is 21.9. The second kappa shape index (κ2) is 6.58. The van der Waals surface area contributed by atoms with Gasteiger partial charge in [0.05, 0.1) is 5.75 Å². The summed E-state index contributed by atoms with van der Waals surface area (Å²) in [5, 5.41) is 0.644. The van der Waals surface area contributed by atoms with Gasteiger partial charge in [0.15, 0.2) is 0 Å². The van der Waals surface area contributed by atoms with E-state index in [1.165, 1.54) is 18.2 Å².